The Hall–Kier alpha value is -2.84. The summed E-state index contributed by atoms with van der Waals surface area (Å²) in [6, 6.07) is 3.01. The zero-order valence-corrected chi connectivity index (χ0v) is 13.3. The molecule has 0 atom stereocenters. The first-order valence-corrected chi connectivity index (χ1v) is 8.02. The lowest BCUT2D eigenvalue weighted by Gasteiger charge is -2.23. The van der Waals surface area contributed by atoms with Crippen molar-refractivity contribution in [2.45, 2.75) is 38.1 Å². The Morgan fingerprint density at radius 2 is 1.84 bits per heavy atom. The van der Waals surface area contributed by atoms with E-state index in [0.29, 0.717) is 6.07 Å². The third kappa shape index (κ3) is 3.98. The van der Waals surface area contributed by atoms with Crippen LogP contribution >= 0.6 is 0 Å². The Balaban J connectivity index is 1.90. The van der Waals surface area contributed by atoms with Crippen LogP contribution in [0.5, 0.6) is 0 Å². The molecule has 1 aromatic heterocycles. The normalized spacial score (nSPS) is 15.0. The summed E-state index contributed by atoms with van der Waals surface area (Å²) < 4.78 is 26.8. The van der Waals surface area contributed by atoms with E-state index in [-0.39, 0.29) is 29.1 Å². The van der Waals surface area contributed by atoms with Gasteiger partial charge in [-0.05, 0) is 25.0 Å². The van der Waals surface area contributed by atoms with Crippen molar-refractivity contribution in [3.63, 3.8) is 0 Å². The number of hydrogen-bond donors (Lipinski definition) is 2. The largest absolute Gasteiger partial charge is 0.361 e. The number of nitro groups is 1. The van der Waals surface area contributed by atoms with E-state index in [2.05, 4.69) is 20.6 Å². The molecule has 1 saturated carbocycles. The van der Waals surface area contributed by atoms with E-state index in [1.807, 2.05) is 0 Å². The molecule has 25 heavy (non-hydrogen) atoms. The molecule has 2 N–H and O–H groups in total. The van der Waals surface area contributed by atoms with Gasteiger partial charge < -0.3 is 10.6 Å². The van der Waals surface area contributed by atoms with Crippen molar-refractivity contribution < 1.29 is 13.7 Å². The van der Waals surface area contributed by atoms with E-state index < -0.39 is 16.6 Å². The predicted octanol–water partition coefficient (Wildman–Crippen LogP) is 4.15. The predicted molar refractivity (Wildman–Crippen MR) is 88.8 cm³/mol. The van der Waals surface area contributed by atoms with Crippen molar-refractivity contribution >= 4 is 23.0 Å². The van der Waals surface area contributed by atoms with Crippen molar-refractivity contribution in [3.05, 3.63) is 46.3 Å². The smallest absolute Gasteiger partial charge is 0.353 e. The third-order valence-electron chi connectivity index (χ3n) is 4.14. The van der Waals surface area contributed by atoms with Crippen LogP contribution in [-0.2, 0) is 0 Å². The van der Waals surface area contributed by atoms with Gasteiger partial charge in [0.25, 0.3) is 0 Å². The van der Waals surface area contributed by atoms with Gasteiger partial charge in [0.15, 0.2) is 0 Å². The summed E-state index contributed by atoms with van der Waals surface area (Å²) in [7, 11) is 0. The maximum atomic E-state index is 13.8. The van der Waals surface area contributed by atoms with Gasteiger partial charge in [-0.3, -0.25) is 10.1 Å². The van der Waals surface area contributed by atoms with Crippen molar-refractivity contribution in [3.8, 4) is 0 Å². The van der Waals surface area contributed by atoms with Crippen LogP contribution in [0.3, 0.4) is 0 Å². The van der Waals surface area contributed by atoms with Gasteiger partial charge in [0, 0.05) is 12.1 Å². The lowest BCUT2D eigenvalue weighted by atomic mass is 9.95. The monoisotopic (exact) mass is 349 g/mol. The summed E-state index contributed by atoms with van der Waals surface area (Å²) in [4.78, 5) is 18.7. The third-order valence-corrected chi connectivity index (χ3v) is 4.14. The van der Waals surface area contributed by atoms with Crippen LogP contribution in [0.1, 0.15) is 32.1 Å². The van der Waals surface area contributed by atoms with Gasteiger partial charge in [-0.25, -0.2) is 18.7 Å². The molecular weight excluding hydrogens is 332 g/mol. The molecule has 1 heterocycles. The summed E-state index contributed by atoms with van der Waals surface area (Å²) in [5, 5.41) is 17.2. The lowest BCUT2D eigenvalue weighted by Crippen LogP contribution is -2.23. The highest BCUT2D eigenvalue weighted by Crippen LogP contribution is 2.33. The fourth-order valence-corrected chi connectivity index (χ4v) is 2.91. The van der Waals surface area contributed by atoms with E-state index in [1.54, 1.807) is 0 Å². The Morgan fingerprint density at radius 3 is 2.52 bits per heavy atom. The fraction of sp³-hybridized carbons (Fsp3) is 0.375. The van der Waals surface area contributed by atoms with E-state index in [1.165, 1.54) is 6.33 Å². The Morgan fingerprint density at radius 1 is 1.12 bits per heavy atom. The van der Waals surface area contributed by atoms with Crippen molar-refractivity contribution in [1.29, 1.82) is 0 Å². The maximum Gasteiger partial charge on any atom is 0.353 e. The Labute approximate surface area is 142 Å². The van der Waals surface area contributed by atoms with Gasteiger partial charge in [-0.1, -0.05) is 19.3 Å². The Kier molecular flexibility index (Phi) is 5.01. The molecule has 7 nitrogen and oxygen atoms in total. The van der Waals surface area contributed by atoms with Crippen LogP contribution in [0, 0.1) is 21.7 Å². The first kappa shape index (κ1) is 17.0. The number of nitrogens with one attached hydrogen (secondary N) is 2. The zero-order valence-electron chi connectivity index (χ0n) is 13.3. The fourth-order valence-electron chi connectivity index (χ4n) is 2.91. The van der Waals surface area contributed by atoms with Gasteiger partial charge in [-0.15, -0.1) is 0 Å². The quantitative estimate of drug-likeness (QED) is 0.622. The number of halogens is 2. The van der Waals surface area contributed by atoms with Crippen LogP contribution in [0.15, 0.2) is 24.5 Å². The molecular formula is C16H17F2N5O2. The molecule has 1 aliphatic rings. The maximum absolute atomic E-state index is 13.8. The first-order chi connectivity index (χ1) is 12.0. The summed E-state index contributed by atoms with van der Waals surface area (Å²) in [5.41, 5.74) is -0.469. The number of benzene rings is 1. The van der Waals surface area contributed by atoms with Crippen molar-refractivity contribution in [2.24, 2.45) is 0 Å². The molecule has 0 saturated heterocycles. The number of hydrogen-bond acceptors (Lipinski definition) is 6. The highest BCUT2D eigenvalue weighted by molar-refractivity contribution is 5.74. The van der Waals surface area contributed by atoms with E-state index in [0.717, 1.165) is 44.2 Å². The summed E-state index contributed by atoms with van der Waals surface area (Å²) >= 11 is 0. The molecule has 2 aromatic rings. The standard InChI is InChI=1S/C16H17F2N5O2/c17-10-6-7-13(12(18)8-10)22-16-14(23(24)25)15(19-9-20-16)21-11-4-2-1-3-5-11/h6-9,11H,1-5H2,(H2,19,20,21,22). The number of rotatable bonds is 5. The van der Waals surface area contributed by atoms with Gasteiger partial charge in [-0.2, -0.15) is 0 Å². The average Bonchev–Trinajstić information content (AvgIpc) is 2.58. The van der Waals surface area contributed by atoms with E-state index in [4.69, 9.17) is 0 Å². The van der Waals surface area contributed by atoms with Crippen LogP contribution in [0.4, 0.5) is 31.8 Å². The molecule has 0 aliphatic heterocycles. The van der Waals surface area contributed by atoms with E-state index in [9.17, 15) is 18.9 Å². The zero-order chi connectivity index (χ0) is 17.8. The van der Waals surface area contributed by atoms with Gasteiger partial charge in [0.2, 0.25) is 11.6 Å². The van der Waals surface area contributed by atoms with E-state index >= 15 is 0 Å². The lowest BCUT2D eigenvalue weighted by molar-refractivity contribution is -0.383. The summed E-state index contributed by atoms with van der Waals surface area (Å²) in [5.74, 6) is -1.66. The van der Waals surface area contributed by atoms with Crippen LogP contribution in [-0.4, -0.2) is 20.9 Å². The molecule has 1 aromatic carbocycles. The van der Waals surface area contributed by atoms with Crippen LogP contribution in [0.25, 0.3) is 0 Å². The molecule has 0 spiro atoms. The topological polar surface area (TPSA) is 93.0 Å². The van der Waals surface area contributed by atoms with Gasteiger partial charge in [0.1, 0.15) is 18.0 Å². The second kappa shape index (κ2) is 7.37. The van der Waals surface area contributed by atoms with Gasteiger partial charge in [0.05, 0.1) is 10.6 Å². The molecule has 1 fully saturated rings. The highest BCUT2D eigenvalue weighted by atomic mass is 19.1. The number of anilines is 3. The van der Waals surface area contributed by atoms with Crippen LogP contribution < -0.4 is 10.6 Å². The number of nitrogens with zero attached hydrogens (tertiary/aromatic N) is 3. The molecule has 9 heteroatoms. The van der Waals surface area contributed by atoms with Gasteiger partial charge >= 0.3 is 5.69 Å². The molecule has 0 unspecified atom stereocenters. The minimum absolute atomic E-state index is 0.0944. The van der Waals surface area contributed by atoms with Crippen molar-refractivity contribution in [2.75, 3.05) is 10.6 Å². The second-order valence-electron chi connectivity index (χ2n) is 5.91. The summed E-state index contributed by atoms with van der Waals surface area (Å²) in [6.45, 7) is 0. The highest BCUT2D eigenvalue weighted by Gasteiger charge is 2.26. The molecule has 3 rings (SSSR count). The Bertz CT molecular complexity index is 781. The van der Waals surface area contributed by atoms with Crippen LogP contribution in [0.2, 0.25) is 0 Å². The molecule has 132 valence electrons. The average molecular weight is 349 g/mol. The summed E-state index contributed by atoms with van der Waals surface area (Å²) in [6.07, 6.45) is 6.26. The second-order valence-corrected chi connectivity index (χ2v) is 5.91. The molecule has 1 aliphatic carbocycles. The minimum atomic E-state index is -0.866. The number of aromatic nitrogens is 2. The van der Waals surface area contributed by atoms with Crippen molar-refractivity contribution in [1.82, 2.24) is 9.97 Å². The SMILES string of the molecule is O=[N+]([O-])c1c(Nc2ccc(F)cc2F)ncnc1NC1CCCCC1. The minimum Gasteiger partial charge on any atom is -0.361 e. The first-order valence-electron chi connectivity index (χ1n) is 8.02. The molecule has 0 bridgehead atoms. The molecule has 0 amide bonds. The molecule has 0 radical (unpaired) electrons.